The highest BCUT2D eigenvalue weighted by Gasteiger charge is 2.36. The van der Waals surface area contributed by atoms with Crippen molar-refractivity contribution in [2.45, 2.75) is 50.7 Å². The molecule has 0 spiro atoms. The van der Waals surface area contributed by atoms with Gasteiger partial charge in [-0.1, -0.05) is 83.4 Å². The van der Waals surface area contributed by atoms with Gasteiger partial charge in [0.1, 0.15) is 18.4 Å². The van der Waals surface area contributed by atoms with Crippen molar-refractivity contribution in [1.29, 1.82) is 0 Å². The second kappa shape index (κ2) is 14.3. The van der Waals surface area contributed by atoms with Gasteiger partial charge in [-0.15, -0.1) is 0 Å². The number of rotatable bonds is 12. The van der Waals surface area contributed by atoms with Crippen LogP contribution in [0.1, 0.15) is 36.8 Å². The van der Waals surface area contributed by atoms with E-state index in [1.165, 1.54) is 37.2 Å². The van der Waals surface area contributed by atoms with Gasteiger partial charge in [0.2, 0.25) is 11.8 Å². The van der Waals surface area contributed by atoms with E-state index in [1.54, 1.807) is 0 Å². The third kappa shape index (κ3) is 7.96. The van der Waals surface area contributed by atoms with Gasteiger partial charge in [-0.2, -0.15) is 12.7 Å². The van der Waals surface area contributed by atoms with Crippen molar-refractivity contribution >= 4 is 43.6 Å². The van der Waals surface area contributed by atoms with Crippen LogP contribution in [0.4, 0.5) is 10.1 Å². The molecule has 1 atom stereocenters. The number of hydrogen-bond acceptors (Lipinski definition) is 4. The summed E-state index contributed by atoms with van der Waals surface area (Å²) in [4.78, 5) is 29.6. The summed E-state index contributed by atoms with van der Waals surface area (Å²) in [5.74, 6) is -1.72. The molecule has 2 amide bonds. The van der Waals surface area contributed by atoms with Crippen LogP contribution in [0, 0.1) is 5.82 Å². The molecule has 8 nitrogen and oxygen atoms in total. The number of carbonyl (C=O) groups is 2. The molecule has 0 bridgehead atoms. The maximum absolute atomic E-state index is 15.0. The second-order valence-electron chi connectivity index (χ2n) is 10.6. The van der Waals surface area contributed by atoms with E-state index < -0.39 is 34.5 Å². The topological polar surface area (TPSA) is 90.0 Å². The molecule has 42 heavy (non-hydrogen) atoms. The van der Waals surface area contributed by atoms with E-state index in [1.807, 2.05) is 54.6 Å². The quantitative estimate of drug-likeness (QED) is 0.300. The molecule has 224 valence electrons. The zero-order valence-electron chi connectivity index (χ0n) is 23.7. The lowest BCUT2D eigenvalue weighted by atomic mass is 10.0. The molecule has 1 fully saturated rings. The third-order valence-corrected chi connectivity index (χ3v) is 9.65. The molecular weight excluding hydrogens is 623 g/mol. The van der Waals surface area contributed by atoms with Crippen LogP contribution in [0.3, 0.4) is 0 Å². The molecule has 1 aliphatic carbocycles. The molecule has 4 rings (SSSR count). The molecule has 3 aromatic carbocycles. The Bertz CT molecular complexity index is 1480. The molecule has 1 aliphatic rings. The summed E-state index contributed by atoms with van der Waals surface area (Å²) in [6.07, 6.45) is 4.00. The molecule has 0 aliphatic heterocycles. The molecule has 0 radical (unpaired) electrons. The number of hydrogen-bond donors (Lipinski definition) is 1. The van der Waals surface area contributed by atoms with E-state index in [9.17, 15) is 22.4 Å². The molecule has 1 N–H and O–H groups in total. The Morgan fingerprint density at radius 1 is 0.952 bits per heavy atom. The van der Waals surface area contributed by atoms with Crippen LogP contribution in [0.15, 0.2) is 83.3 Å². The van der Waals surface area contributed by atoms with E-state index in [0.717, 1.165) is 56.0 Å². The highest BCUT2D eigenvalue weighted by molar-refractivity contribution is 9.10. The lowest BCUT2D eigenvalue weighted by Crippen LogP contribution is -2.55. The third-order valence-electron chi connectivity index (χ3n) is 7.35. The Hall–Kier alpha value is -3.28. The fourth-order valence-corrected chi connectivity index (χ4v) is 6.62. The van der Waals surface area contributed by atoms with Gasteiger partial charge < -0.3 is 10.2 Å². The molecular formula is C31H36BrFN4O4S. The van der Waals surface area contributed by atoms with Gasteiger partial charge in [-0.3, -0.25) is 9.59 Å². The van der Waals surface area contributed by atoms with Crippen molar-refractivity contribution in [3.8, 4) is 0 Å². The number of anilines is 1. The van der Waals surface area contributed by atoms with Crippen LogP contribution < -0.4 is 9.62 Å². The van der Waals surface area contributed by atoms with Gasteiger partial charge in [0, 0.05) is 37.6 Å². The first kappa shape index (κ1) is 31.7. The second-order valence-corrected chi connectivity index (χ2v) is 13.6. The van der Waals surface area contributed by atoms with Crippen molar-refractivity contribution in [3.05, 3.63) is 100 Å². The average Bonchev–Trinajstić information content (AvgIpc) is 3.47. The normalized spacial score (nSPS) is 14.5. The van der Waals surface area contributed by atoms with Crippen LogP contribution in [0.25, 0.3) is 0 Å². The van der Waals surface area contributed by atoms with Crippen LogP contribution in [-0.4, -0.2) is 62.2 Å². The van der Waals surface area contributed by atoms with E-state index in [4.69, 9.17) is 0 Å². The zero-order valence-corrected chi connectivity index (χ0v) is 26.2. The first-order valence-corrected chi connectivity index (χ1v) is 16.1. The average molecular weight is 660 g/mol. The van der Waals surface area contributed by atoms with Gasteiger partial charge in [-0.25, -0.2) is 8.70 Å². The molecule has 0 saturated heterocycles. The van der Waals surface area contributed by atoms with Crippen molar-refractivity contribution in [1.82, 2.24) is 14.5 Å². The standard InChI is InChI=1S/C31H36BrFN4O4S/c1-35(2)42(40,41)37(28-18-9-8-17-27(28)33)22-30(38)36(21-24-13-10-14-25(32)19-24)29(20-23-11-4-3-5-12-23)31(39)34-26-15-6-7-16-26/h3-5,8-14,17-19,26,29H,6-7,15-16,20-22H2,1-2H3,(H,34,39)/t29-/m1/s1. The van der Waals surface area contributed by atoms with E-state index >= 15 is 0 Å². The Labute approximate surface area is 255 Å². The fraction of sp³-hybridized carbons (Fsp3) is 0.355. The summed E-state index contributed by atoms with van der Waals surface area (Å²) in [5, 5.41) is 3.13. The first-order chi connectivity index (χ1) is 20.1. The van der Waals surface area contributed by atoms with Crippen molar-refractivity contribution in [2.24, 2.45) is 0 Å². The minimum Gasteiger partial charge on any atom is -0.352 e. The number of nitrogens with one attached hydrogen (secondary N) is 1. The number of halogens is 2. The van der Waals surface area contributed by atoms with Crippen LogP contribution in [0.5, 0.6) is 0 Å². The maximum Gasteiger partial charge on any atom is 0.304 e. The Morgan fingerprint density at radius 3 is 2.24 bits per heavy atom. The lowest BCUT2D eigenvalue weighted by Gasteiger charge is -2.35. The van der Waals surface area contributed by atoms with Gasteiger partial charge in [-0.05, 0) is 48.2 Å². The smallest absolute Gasteiger partial charge is 0.304 e. The highest BCUT2D eigenvalue weighted by Crippen LogP contribution is 2.25. The number of carbonyl (C=O) groups excluding carboxylic acids is 2. The summed E-state index contributed by atoms with van der Waals surface area (Å²) < 4.78 is 44.2. The number of benzene rings is 3. The lowest BCUT2D eigenvalue weighted by molar-refractivity contribution is -0.140. The summed E-state index contributed by atoms with van der Waals surface area (Å²) in [6.45, 7) is -0.654. The zero-order chi connectivity index (χ0) is 30.3. The molecule has 0 aromatic heterocycles. The predicted octanol–water partition coefficient (Wildman–Crippen LogP) is 4.90. The Balaban J connectivity index is 1.76. The molecule has 1 saturated carbocycles. The van der Waals surface area contributed by atoms with Crippen molar-refractivity contribution in [3.63, 3.8) is 0 Å². The van der Waals surface area contributed by atoms with Crippen molar-refractivity contribution < 1.29 is 22.4 Å². The minimum absolute atomic E-state index is 0.0163. The SMILES string of the molecule is CN(C)S(=O)(=O)N(CC(=O)N(Cc1cccc(Br)c1)[C@H](Cc1ccccc1)C(=O)NC1CCCC1)c1ccccc1F. The van der Waals surface area contributed by atoms with Gasteiger partial charge in [0.15, 0.2) is 0 Å². The number of nitrogens with zero attached hydrogens (tertiary/aromatic N) is 3. The number of para-hydroxylation sites is 1. The summed E-state index contributed by atoms with van der Waals surface area (Å²) in [6, 6.07) is 21.2. The molecule has 3 aromatic rings. The predicted molar refractivity (Wildman–Crippen MR) is 165 cm³/mol. The summed E-state index contributed by atoms with van der Waals surface area (Å²) in [5.41, 5.74) is 1.34. The van der Waals surface area contributed by atoms with E-state index in [0.29, 0.717) is 0 Å². The van der Waals surface area contributed by atoms with Crippen molar-refractivity contribution in [2.75, 3.05) is 24.9 Å². The fourth-order valence-electron chi connectivity index (χ4n) is 5.11. The highest BCUT2D eigenvalue weighted by atomic mass is 79.9. The number of amides is 2. The van der Waals surface area contributed by atoms with Gasteiger partial charge in [0.25, 0.3) is 0 Å². The van der Waals surface area contributed by atoms with Crippen LogP contribution in [-0.2, 0) is 32.8 Å². The summed E-state index contributed by atoms with van der Waals surface area (Å²) >= 11 is 3.47. The monoisotopic (exact) mass is 658 g/mol. The van der Waals surface area contributed by atoms with Gasteiger partial charge in [0.05, 0.1) is 5.69 Å². The van der Waals surface area contributed by atoms with Crippen LogP contribution in [0.2, 0.25) is 0 Å². The van der Waals surface area contributed by atoms with E-state index in [2.05, 4.69) is 21.2 Å². The largest absolute Gasteiger partial charge is 0.352 e. The minimum atomic E-state index is -4.28. The Morgan fingerprint density at radius 2 is 1.60 bits per heavy atom. The maximum atomic E-state index is 15.0. The molecule has 11 heteroatoms. The van der Waals surface area contributed by atoms with E-state index in [-0.39, 0.29) is 30.6 Å². The molecule has 0 unspecified atom stereocenters. The Kier molecular flexibility index (Phi) is 10.7. The first-order valence-electron chi connectivity index (χ1n) is 13.9. The van der Waals surface area contributed by atoms with Crippen LogP contribution >= 0.6 is 15.9 Å². The molecule has 0 heterocycles. The summed E-state index contributed by atoms with van der Waals surface area (Å²) in [7, 11) is -1.64. The van der Waals surface area contributed by atoms with Gasteiger partial charge >= 0.3 is 10.2 Å².